The van der Waals surface area contributed by atoms with Crippen molar-refractivity contribution in [3.8, 4) is 0 Å². The van der Waals surface area contributed by atoms with Gasteiger partial charge in [-0.3, -0.25) is 0 Å². The molecule has 1 unspecified atom stereocenters. The Labute approximate surface area is 145 Å². The van der Waals surface area contributed by atoms with Gasteiger partial charge in [0, 0.05) is 57.7 Å². The molecule has 1 atom stereocenters. The second-order valence-electron chi connectivity index (χ2n) is 6.22. The van der Waals surface area contributed by atoms with Crippen LogP contribution in [-0.4, -0.2) is 52.3 Å². The fourth-order valence-corrected chi connectivity index (χ4v) is 2.95. The predicted molar refractivity (Wildman–Crippen MR) is 103 cm³/mol. The highest BCUT2D eigenvalue weighted by Crippen LogP contribution is 2.23. The minimum atomic E-state index is -0.427. The molecule has 24 heavy (non-hydrogen) atoms. The minimum absolute atomic E-state index is 0. The summed E-state index contributed by atoms with van der Waals surface area (Å²) in [5.41, 5.74) is 0.0191. The molecular weight excluding hydrogens is 298 g/mol. The van der Waals surface area contributed by atoms with Crippen molar-refractivity contribution in [2.75, 3.05) is 6.54 Å². The van der Waals surface area contributed by atoms with Crippen LogP contribution in [0.4, 0.5) is 0 Å². The molecule has 0 spiro atoms. The molecule has 0 aromatic rings. The summed E-state index contributed by atoms with van der Waals surface area (Å²) in [5.74, 6) is -0.427. The van der Waals surface area contributed by atoms with E-state index >= 15 is 0 Å². The molecule has 0 saturated heterocycles. The van der Waals surface area contributed by atoms with Crippen molar-refractivity contribution in [1.29, 1.82) is 0 Å². The van der Waals surface area contributed by atoms with Gasteiger partial charge in [-0.1, -0.05) is 19.6 Å². The van der Waals surface area contributed by atoms with Crippen LogP contribution >= 0.6 is 0 Å². The van der Waals surface area contributed by atoms with E-state index in [4.69, 9.17) is 0 Å². The van der Waals surface area contributed by atoms with E-state index in [1.165, 1.54) is 0 Å². The Hall–Kier alpha value is -2.30. The lowest BCUT2D eigenvalue weighted by Gasteiger charge is -2.34. The lowest BCUT2D eigenvalue weighted by Crippen LogP contribution is -2.40. The van der Waals surface area contributed by atoms with Crippen LogP contribution in [0.25, 0.3) is 0 Å². The average molecular weight is 326 g/mol. The van der Waals surface area contributed by atoms with Gasteiger partial charge < -0.3 is 4.90 Å². The Morgan fingerprint density at radius 3 is 2.38 bits per heavy atom. The van der Waals surface area contributed by atoms with E-state index in [9.17, 15) is 0 Å². The highest BCUT2D eigenvalue weighted by Gasteiger charge is 2.35. The molecule has 5 heteroatoms. The fourth-order valence-electron chi connectivity index (χ4n) is 2.95. The molecule has 4 aliphatic rings. The first kappa shape index (κ1) is 18.0. The molecular formula is C19H28N5+. The summed E-state index contributed by atoms with van der Waals surface area (Å²) in [5, 5.41) is 0. The predicted octanol–water partition coefficient (Wildman–Crippen LogP) is 3.40. The molecule has 4 rings (SSSR count). The number of aliphatic imine (C=N–C) groups is 3. The molecule has 0 fully saturated rings. The second kappa shape index (κ2) is 7.51. The van der Waals surface area contributed by atoms with E-state index in [0.29, 0.717) is 0 Å². The van der Waals surface area contributed by atoms with Crippen molar-refractivity contribution in [2.45, 2.75) is 52.0 Å². The summed E-state index contributed by atoms with van der Waals surface area (Å²) < 4.78 is 2.37. The molecule has 0 amide bonds. The summed E-state index contributed by atoms with van der Waals surface area (Å²) in [7, 11) is 0. The largest absolute Gasteiger partial charge is 0.311 e. The van der Waals surface area contributed by atoms with E-state index in [2.05, 4.69) is 51.1 Å². The van der Waals surface area contributed by atoms with Crippen molar-refractivity contribution in [3.63, 3.8) is 0 Å². The van der Waals surface area contributed by atoms with Gasteiger partial charge in [-0.05, 0) is 12.2 Å². The van der Waals surface area contributed by atoms with E-state index in [-0.39, 0.29) is 13.1 Å². The van der Waals surface area contributed by atoms with E-state index < -0.39 is 5.79 Å². The molecule has 4 aliphatic heterocycles. The summed E-state index contributed by atoms with van der Waals surface area (Å²) in [6.07, 6.45) is 23.2. The standard InChI is InChI=1S/C10H15N2.C8H9N3.CH4/c1-10-6-3-2-4-8-12(10)9-5-7-11-10;1-8-9-4-2-6-11(8)7-3-5-10-8;/h2-3,7-8H,4-6,9H2,1H3;2-7H,1H3;1H4/q+1;;. The number of nitrogens with zero attached hydrogens (tertiary/aromatic N) is 5. The van der Waals surface area contributed by atoms with Crippen molar-refractivity contribution in [1.82, 2.24) is 4.90 Å². The Bertz CT molecular complexity index is 627. The van der Waals surface area contributed by atoms with Gasteiger partial charge in [0.15, 0.2) is 0 Å². The van der Waals surface area contributed by atoms with Crippen LogP contribution in [0.3, 0.4) is 0 Å². The van der Waals surface area contributed by atoms with Crippen LogP contribution in [0.2, 0.25) is 0 Å². The lowest BCUT2D eigenvalue weighted by atomic mass is 10.1. The Kier molecular flexibility index (Phi) is 5.65. The maximum atomic E-state index is 4.56. The number of allylic oxidation sites excluding steroid dienone is 3. The smallest absolute Gasteiger partial charge is 0.254 e. The third kappa shape index (κ3) is 3.78. The van der Waals surface area contributed by atoms with Crippen molar-refractivity contribution >= 4 is 24.9 Å². The zero-order valence-electron chi connectivity index (χ0n) is 13.8. The van der Waals surface area contributed by atoms with Crippen LogP contribution in [0.1, 0.15) is 40.5 Å². The second-order valence-corrected chi connectivity index (χ2v) is 6.22. The van der Waals surface area contributed by atoms with Gasteiger partial charge in [0.2, 0.25) is 5.79 Å². The minimum Gasteiger partial charge on any atom is -0.311 e. The van der Waals surface area contributed by atoms with Crippen LogP contribution in [0, 0.1) is 0 Å². The van der Waals surface area contributed by atoms with Crippen LogP contribution in [0.15, 0.2) is 51.7 Å². The highest BCUT2D eigenvalue weighted by atomic mass is 15.4. The van der Waals surface area contributed by atoms with Gasteiger partial charge >= 0.3 is 0 Å². The monoisotopic (exact) mass is 326 g/mol. The summed E-state index contributed by atoms with van der Waals surface area (Å²) in [4.78, 5) is 15.0. The van der Waals surface area contributed by atoms with Gasteiger partial charge in [0.25, 0.3) is 5.66 Å². The Morgan fingerprint density at radius 2 is 1.71 bits per heavy atom. The molecule has 0 aromatic carbocycles. The first-order valence-corrected chi connectivity index (χ1v) is 8.14. The maximum Gasteiger partial charge on any atom is 0.254 e. The molecule has 128 valence electrons. The van der Waals surface area contributed by atoms with Gasteiger partial charge in [0.1, 0.15) is 12.8 Å². The summed E-state index contributed by atoms with van der Waals surface area (Å²) >= 11 is 0. The first-order chi connectivity index (χ1) is 11.1. The number of fused-ring (bicyclic) bond motifs is 2. The lowest BCUT2D eigenvalue weighted by molar-refractivity contribution is -0.601. The zero-order valence-corrected chi connectivity index (χ0v) is 13.8. The topological polar surface area (TPSA) is 43.3 Å². The molecule has 0 N–H and O–H groups in total. The normalized spacial score (nSPS) is 27.9. The number of rotatable bonds is 0. The fraction of sp³-hybridized carbons (Fsp3) is 0.474. The van der Waals surface area contributed by atoms with Crippen LogP contribution < -0.4 is 0 Å². The number of hydrogen-bond acceptors (Lipinski definition) is 4. The van der Waals surface area contributed by atoms with Gasteiger partial charge in [-0.25, -0.2) is 19.6 Å². The SMILES string of the molecule is C.CC12CC=CCC=[N+]1CCC=N2.CC12N=CC=CN1C=CC=N2. The van der Waals surface area contributed by atoms with E-state index in [0.717, 1.165) is 25.8 Å². The highest BCUT2D eigenvalue weighted by molar-refractivity contribution is 5.76. The molecule has 5 nitrogen and oxygen atoms in total. The van der Waals surface area contributed by atoms with Gasteiger partial charge in [0.05, 0.1) is 6.42 Å². The molecule has 0 aliphatic carbocycles. The van der Waals surface area contributed by atoms with E-state index in [1.54, 1.807) is 12.4 Å². The summed E-state index contributed by atoms with van der Waals surface area (Å²) in [6, 6.07) is 0. The third-order valence-corrected chi connectivity index (χ3v) is 4.41. The van der Waals surface area contributed by atoms with Crippen molar-refractivity contribution in [3.05, 3.63) is 36.7 Å². The molecule has 0 saturated carbocycles. The zero-order chi connectivity index (χ0) is 16.2. The molecule has 0 bridgehead atoms. The third-order valence-electron chi connectivity index (χ3n) is 4.41. The van der Waals surface area contributed by atoms with Crippen molar-refractivity contribution < 1.29 is 4.58 Å². The van der Waals surface area contributed by atoms with Gasteiger partial charge in [-0.15, -0.1) is 0 Å². The van der Waals surface area contributed by atoms with E-state index in [1.807, 2.05) is 36.4 Å². The van der Waals surface area contributed by atoms with Gasteiger partial charge in [-0.2, -0.15) is 0 Å². The maximum absolute atomic E-state index is 4.56. The summed E-state index contributed by atoms with van der Waals surface area (Å²) in [6.45, 7) is 5.30. The first-order valence-electron chi connectivity index (χ1n) is 8.14. The molecule has 4 heterocycles. The number of hydrogen-bond donors (Lipinski definition) is 0. The Balaban J connectivity index is 0.000000167. The molecule has 0 radical (unpaired) electrons. The van der Waals surface area contributed by atoms with Crippen molar-refractivity contribution in [2.24, 2.45) is 15.0 Å². The quantitative estimate of drug-likeness (QED) is 0.497. The Morgan fingerprint density at radius 1 is 1.00 bits per heavy atom. The molecule has 0 aromatic heterocycles. The van der Waals surface area contributed by atoms with Crippen LogP contribution in [0.5, 0.6) is 0 Å². The van der Waals surface area contributed by atoms with Crippen LogP contribution in [-0.2, 0) is 0 Å². The average Bonchev–Trinajstić information content (AvgIpc) is 2.76.